The second-order valence-corrected chi connectivity index (χ2v) is 6.17. The summed E-state index contributed by atoms with van der Waals surface area (Å²) in [5.41, 5.74) is 2.55. The SMILES string of the molecule is CCc1ccc(C2NC(C)C(=O)N2CC2CCC2)cc1. The molecule has 1 saturated carbocycles. The van der Waals surface area contributed by atoms with Crippen molar-refractivity contribution in [1.82, 2.24) is 10.2 Å². The largest absolute Gasteiger partial charge is 0.321 e. The number of rotatable bonds is 4. The third-order valence-electron chi connectivity index (χ3n) is 4.76. The van der Waals surface area contributed by atoms with Crippen molar-refractivity contribution in [2.24, 2.45) is 5.92 Å². The summed E-state index contributed by atoms with van der Waals surface area (Å²) in [6.45, 7) is 5.05. The third kappa shape index (κ3) is 2.47. The van der Waals surface area contributed by atoms with E-state index >= 15 is 0 Å². The van der Waals surface area contributed by atoms with Crippen LogP contribution >= 0.6 is 0 Å². The lowest BCUT2D eigenvalue weighted by Gasteiger charge is -2.33. The zero-order valence-corrected chi connectivity index (χ0v) is 12.4. The standard InChI is InChI=1S/C17H24N2O/c1-3-13-7-9-15(10-8-13)16-18-12(2)17(20)19(16)11-14-5-4-6-14/h7-10,12,14,16,18H,3-6,11H2,1-2H3. The van der Waals surface area contributed by atoms with Gasteiger partial charge in [0.25, 0.3) is 0 Å². The minimum Gasteiger partial charge on any atom is -0.321 e. The number of nitrogens with zero attached hydrogens (tertiary/aromatic N) is 1. The molecule has 0 spiro atoms. The summed E-state index contributed by atoms with van der Waals surface area (Å²) in [4.78, 5) is 14.4. The highest BCUT2D eigenvalue weighted by Gasteiger charge is 2.38. The van der Waals surface area contributed by atoms with E-state index in [4.69, 9.17) is 0 Å². The Bertz CT molecular complexity index is 478. The molecule has 0 aromatic heterocycles. The van der Waals surface area contributed by atoms with E-state index in [0.29, 0.717) is 5.92 Å². The van der Waals surface area contributed by atoms with Crippen LogP contribution in [0, 0.1) is 5.92 Å². The average Bonchev–Trinajstić information content (AvgIpc) is 2.70. The summed E-state index contributed by atoms with van der Waals surface area (Å²) in [6.07, 6.45) is 4.99. The molecule has 0 radical (unpaired) electrons. The Morgan fingerprint density at radius 3 is 2.50 bits per heavy atom. The highest BCUT2D eigenvalue weighted by atomic mass is 16.2. The molecule has 2 atom stereocenters. The maximum atomic E-state index is 12.4. The van der Waals surface area contributed by atoms with Gasteiger partial charge < -0.3 is 4.90 Å². The van der Waals surface area contributed by atoms with Crippen LogP contribution in [-0.2, 0) is 11.2 Å². The first-order valence-electron chi connectivity index (χ1n) is 7.84. The number of aryl methyl sites for hydroxylation is 1. The molecule has 1 aromatic carbocycles. The summed E-state index contributed by atoms with van der Waals surface area (Å²) in [7, 11) is 0. The highest BCUT2D eigenvalue weighted by Crippen LogP contribution is 2.32. The zero-order chi connectivity index (χ0) is 14.1. The number of nitrogens with one attached hydrogen (secondary N) is 1. The molecular weight excluding hydrogens is 248 g/mol. The minimum atomic E-state index is -0.0640. The summed E-state index contributed by atoms with van der Waals surface area (Å²) >= 11 is 0. The van der Waals surface area contributed by atoms with E-state index in [1.54, 1.807) is 0 Å². The van der Waals surface area contributed by atoms with Crippen LogP contribution in [0.4, 0.5) is 0 Å². The number of benzene rings is 1. The quantitative estimate of drug-likeness (QED) is 0.914. The molecule has 1 saturated heterocycles. The Morgan fingerprint density at radius 2 is 1.95 bits per heavy atom. The van der Waals surface area contributed by atoms with Crippen molar-refractivity contribution >= 4 is 5.91 Å². The normalized spacial score (nSPS) is 26.9. The minimum absolute atomic E-state index is 0.0593. The summed E-state index contributed by atoms with van der Waals surface area (Å²) < 4.78 is 0. The predicted molar refractivity (Wildman–Crippen MR) is 80.2 cm³/mol. The van der Waals surface area contributed by atoms with E-state index in [1.807, 2.05) is 6.92 Å². The van der Waals surface area contributed by atoms with Gasteiger partial charge in [-0.15, -0.1) is 0 Å². The van der Waals surface area contributed by atoms with Crippen LogP contribution in [0.15, 0.2) is 24.3 Å². The van der Waals surface area contributed by atoms with Gasteiger partial charge in [-0.2, -0.15) is 0 Å². The molecule has 20 heavy (non-hydrogen) atoms. The fourth-order valence-corrected chi connectivity index (χ4v) is 3.13. The van der Waals surface area contributed by atoms with Crippen LogP contribution in [-0.4, -0.2) is 23.4 Å². The van der Waals surface area contributed by atoms with Gasteiger partial charge in [-0.1, -0.05) is 37.6 Å². The Morgan fingerprint density at radius 1 is 1.25 bits per heavy atom. The van der Waals surface area contributed by atoms with Gasteiger partial charge in [0.2, 0.25) is 5.91 Å². The van der Waals surface area contributed by atoms with E-state index in [1.165, 1.54) is 30.4 Å². The maximum Gasteiger partial charge on any atom is 0.241 e. The van der Waals surface area contributed by atoms with Crippen molar-refractivity contribution in [1.29, 1.82) is 0 Å². The van der Waals surface area contributed by atoms with Gasteiger partial charge in [-0.05, 0) is 43.2 Å². The van der Waals surface area contributed by atoms with Crippen molar-refractivity contribution < 1.29 is 4.79 Å². The lowest BCUT2D eigenvalue weighted by molar-refractivity contribution is -0.130. The summed E-state index contributed by atoms with van der Waals surface area (Å²) in [6, 6.07) is 8.61. The van der Waals surface area contributed by atoms with Crippen molar-refractivity contribution in [3.05, 3.63) is 35.4 Å². The van der Waals surface area contributed by atoms with Crippen LogP contribution in [0.5, 0.6) is 0 Å². The summed E-state index contributed by atoms with van der Waals surface area (Å²) in [5, 5.41) is 3.44. The van der Waals surface area contributed by atoms with Crippen LogP contribution in [0.1, 0.15) is 50.4 Å². The lowest BCUT2D eigenvalue weighted by atomic mass is 9.85. The zero-order valence-electron chi connectivity index (χ0n) is 12.4. The summed E-state index contributed by atoms with van der Waals surface area (Å²) in [5.74, 6) is 0.963. The second kappa shape index (κ2) is 5.57. The Labute approximate surface area is 121 Å². The first kappa shape index (κ1) is 13.6. The molecule has 1 aliphatic heterocycles. The first-order chi connectivity index (χ1) is 9.69. The average molecular weight is 272 g/mol. The van der Waals surface area contributed by atoms with Crippen molar-refractivity contribution in [2.75, 3.05) is 6.54 Å². The van der Waals surface area contributed by atoms with Crippen molar-refractivity contribution in [3.63, 3.8) is 0 Å². The molecule has 0 bridgehead atoms. The number of carbonyl (C=O) groups is 1. The predicted octanol–water partition coefficient (Wildman–Crippen LogP) is 2.87. The van der Waals surface area contributed by atoms with Crippen LogP contribution < -0.4 is 5.32 Å². The number of amides is 1. The third-order valence-corrected chi connectivity index (χ3v) is 4.76. The number of carbonyl (C=O) groups excluding carboxylic acids is 1. The topological polar surface area (TPSA) is 32.3 Å². The smallest absolute Gasteiger partial charge is 0.241 e. The molecule has 108 valence electrons. The second-order valence-electron chi connectivity index (χ2n) is 6.17. The highest BCUT2D eigenvalue weighted by molar-refractivity contribution is 5.84. The number of hydrogen-bond acceptors (Lipinski definition) is 2. The number of hydrogen-bond donors (Lipinski definition) is 1. The molecule has 2 fully saturated rings. The molecule has 1 N–H and O–H groups in total. The van der Waals surface area contributed by atoms with Crippen LogP contribution in [0.25, 0.3) is 0 Å². The van der Waals surface area contributed by atoms with E-state index < -0.39 is 0 Å². The van der Waals surface area contributed by atoms with Gasteiger partial charge in [0, 0.05) is 6.54 Å². The van der Waals surface area contributed by atoms with Crippen LogP contribution in [0.3, 0.4) is 0 Å². The van der Waals surface area contributed by atoms with Crippen molar-refractivity contribution in [2.45, 2.75) is 51.7 Å². The fourth-order valence-electron chi connectivity index (χ4n) is 3.13. The van der Waals surface area contributed by atoms with Gasteiger partial charge in [-0.25, -0.2) is 0 Å². The monoisotopic (exact) mass is 272 g/mol. The van der Waals surface area contributed by atoms with Crippen molar-refractivity contribution in [3.8, 4) is 0 Å². The van der Waals surface area contributed by atoms with E-state index in [-0.39, 0.29) is 18.1 Å². The van der Waals surface area contributed by atoms with E-state index in [2.05, 4.69) is 41.4 Å². The molecule has 1 heterocycles. The molecule has 3 nitrogen and oxygen atoms in total. The molecule has 2 unspecified atom stereocenters. The molecule has 3 rings (SSSR count). The molecule has 1 amide bonds. The van der Waals surface area contributed by atoms with Gasteiger partial charge in [0.05, 0.1) is 6.04 Å². The molecule has 1 aromatic rings. The lowest BCUT2D eigenvalue weighted by Crippen LogP contribution is -2.37. The molecule has 3 heteroatoms. The Balaban J connectivity index is 1.79. The van der Waals surface area contributed by atoms with Gasteiger partial charge in [-0.3, -0.25) is 10.1 Å². The maximum absolute atomic E-state index is 12.4. The van der Waals surface area contributed by atoms with Gasteiger partial charge in [0.1, 0.15) is 6.17 Å². The van der Waals surface area contributed by atoms with Gasteiger partial charge >= 0.3 is 0 Å². The van der Waals surface area contributed by atoms with Gasteiger partial charge in [0.15, 0.2) is 0 Å². The molecule has 2 aliphatic rings. The fraction of sp³-hybridized carbons (Fsp3) is 0.588. The first-order valence-corrected chi connectivity index (χ1v) is 7.84. The van der Waals surface area contributed by atoms with Crippen LogP contribution in [0.2, 0.25) is 0 Å². The molecule has 1 aliphatic carbocycles. The van der Waals surface area contributed by atoms with E-state index in [9.17, 15) is 4.79 Å². The Hall–Kier alpha value is -1.35. The molecular formula is C17H24N2O. The Kier molecular flexibility index (Phi) is 3.79. The van der Waals surface area contributed by atoms with E-state index in [0.717, 1.165) is 13.0 Å².